The number of nitrogens with two attached hydrogens (primary N) is 1. The van der Waals surface area contributed by atoms with E-state index in [1.807, 2.05) is 22.6 Å². The van der Waals surface area contributed by atoms with E-state index in [-0.39, 0.29) is 5.25 Å². The summed E-state index contributed by atoms with van der Waals surface area (Å²) in [6, 6.07) is 5.84. The molecule has 3 heterocycles. The van der Waals surface area contributed by atoms with Gasteiger partial charge in [-0.1, -0.05) is 6.07 Å². The summed E-state index contributed by atoms with van der Waals surface area (Å²) < 4.78 is 25.8. The molecule has 0 aromatic carbocycles. The van der Waals surface area contributed by atoms with Gasteiger partial charge in [-0.3, -0.25) is 4.40 Å². The lowest BCUT2D eigenvalue weighted by atomic mass is 10.2. The fourth-order valence-electron chi connectivity index (χ4n) is 2.78. The highest BCUT2D eigenvalue weighted by atomic mass is 32.2. The van der Waals surface area contributed by atoms with E-state index < -0.39 is 9.84 Å². The predicted molar refractivity (Wildman–Crippen MR) is 73.6 cm³/mol. The third-order valence-corrected chi connectivity index (χ3v) is 6.06. The van der Waals surface area contributed by atoms with Gasteiger partial charge in [0.25, 0.3) is 0 Å². The average molecular weight is 279 g/mol. The van der Waals surface area contributed by atoms with E-state index in [1.54, 1.807) is 6.20 Å². The molecule has 0 amide bonds. The number of aromatic nitrogens is 2. The minimum absolute atomic E-state index is 0.288. The summed E-state index contributed by atoms with van der Waals surface area (Å²) in [5.41, 5.74) is 7.66. The Morgan fingerprint density at radius 2 is 2.26 bits per heavy atom. The van der Waals surface area contributed by atoms with Crippen LogP contribution in [0.3, 0.4) is 0 Å². The molecule has 2 N–H and O–H groups in total. The fourth-order valence-corrected chi connectivity index (χ4v) is 4.61. The Bertz CT molecular complexity index is 706. The van der Waals surface area contributed by atoms with Crippen LogP contribution < -0.4 is 5.73 Å². The Kier molecular flexibility index (Phi) is 3.06. The van der Waals surface area contributed by atoms with Gasteiger partial charge in [0.1, 0.15) is 5.82 Å². The van der Waals surface area contributed by atoms with Gasteiger partial charge in [-0.25, -0.2) is 13.4 Å². The lowest BCUT2D eigenvalue weighted by Crippen LogP contribution is -2.20. The maximum absolute atomic E-state index is 11.9. The molecule has 0 aliphatic carbocycles. The lowest BCUT2D eigenvalue weighted by molar-refractivity contribution is 0.585. The highest BCUT2D eigenvalue weighted by Gasteiger charge is 2.32. The molecule has 0 saturated carbocycles. The zero-order chi connectivity index (χ0) is 13.5. The number of imidazole rings is 1. The van der Waals surface area contributed by atoms with Crippen LogP contribution in [0.4, 0.5) is 0 Å². The first-order valence-corrected chi connectivity index (χ1v) is 8.19. The topological polar surface area (TPSA) is 77.5 Å². The normalized spacial score (nSPS) is 22.1. The molecule has 1 saturated heterocycles. The van der Waals surface area contributed by atoms with E-state index in [9.17, 15) is 8.42 Å². The van der Waals surface area contributed by atoms with Crippen LogP contribution in [0, 0.1) is 0 Å². The van der Waals surface area contributed by atoms with Crippen LogP contribution in [0.2, 0.25) is 0 Å². The molecular weight excluding hydrogens is 262 g/mol. The molecule has 2 aromatic heterocycles. The van der Waals surface area contributed by atoms with E-state index in [1.165, 1.54) is 0 Å². The van der Waals surface area contributed by atoms with Crippen LogP contribution in [0.25, 0.3) is 5.52 Å². The second-order valence-electron chi connectivity index (χ2n) is 4.99. The predicted octanol–water partition coefficient (Wildman–Crippen LogP) is 0.913. The van der Waals surface area contributed by atoms with Crippen molar-refractivity contribution in [2.45, 2.75) is 31.1 Å². The van der Waals surface area contributed by atoms with Crippen LogP contribution in [-0.2, 0) is 22.8 Å². The van der Waals surface area contributed by atoms with Gasteiger partial charge in [-0.05, 0) is 25.0 Å². The number of sulfone groups is 1. The van der Waals surface area contributed by atoms with Gasteiger partial charge < -0.3 is 5.73 Å². The summed E-state index contributed by atoms with van der Waals surface area (Å²) >= 11 is 0. The maximum atomic E-state index is 11.9. The van der Waals surface area contributed by atoms with Gasteiger partial charge in [-0.2, -0.15) is 0 Å². The van der Waals surface area contributed by atoms with E-state index in [4.69, 9.17) is 5.73 Å². The Morgan fingerprint density at radius 1 is 1.42 bits per heavy atom. The molecule has 1 fully saturated rings. The van der Waals surface area contributed by atoms with Gasteiger partial charge in [0.05, 0.1) is 22.7 Å². The van der Waals surface area contributed by atoms with Crippen molar-refractivity contribution in [3.63, 3.8) is 0 Å². The van der Waals surface area contributed by atoms with Crippen molar-refractivity contribution < 1.29 is 8.42 Å². The molecule has 102 valence electrons. The molecule has 3 rings (SSSR count). The number of fused-ring (bicyclic) bond motifs is 1. The molecule has 1 aliphatic heterocycles. The van der Waals surface area contributed by atoms with Crippen LogP contribution in [0.5, 0.6) is 0 Å². The van der Waals surface area contributed by atoms with Crippen LogP contribution in [-0.4, -0.2) is 28.8 Å². The molecular formula is C13H17N3O2S. The molecule has 0 radical (unpaired) electrons. The van der Waals surface area contributed by atoms with Crippen molar-refractivity contribution in [1.29, 1.82) is 0 Å². The average Bonchev–Trinajstić information content (AvgIpc) is 2.94. The molecule has 1 aliphatic rings. The maximum Gasteiger partial charge on any atom is 0.153 e. The summed E-state index contributed by atoms with van der Waals surface area (Å²) in [6.07, 6.45) is 3.76. The third kappa shape index (κ3) is 2.15. The molecule has 6 heteroatoms. The van der Waals surface area contributed by atoms with Gasteiger partial charge in [0.15, 0.2) is 9.84 Å². The van der Waals surface area contributed by atoms with E-state index in [0.717, 1.165) is 29.9 Å². The smallest absolute Gasteiger partial charge is 0.153 e. The Balaban J connectivity index is 2.02. The first-order valence-electron chi connectivity index (χ1n) is 6.47. The molecule has 5 nitrogen and oxygen atoms in total. The number of nitrogens with zero attached hydrogens (tertiary/aromatic N) is 2. The minimum atomic E-state index is -2.94. The molecule has 2 aromatic rings. The van der Waals surface area contributed by atoms with Crippen molar-refractivity contribution in [1.82, 2.24) is 9.38 Å². The van der Waals surface area contributed by atoms with Crippen molar-refractivity contribution in [2.24, 2.45) is 5.73 Å². The second kappa shape index (κ2) is 4.61. The lowest BCUT2D eigenvalue weighted by Gasteiger charge is -2.10. The van der Waals surface area contributed by atoms with E-state index in [0.29, 0.717) is 18.7 Å². The highest BCUT2D eigenvalue weighted by Crippen LogP contribution is 2.24. The van der Waals surface area contributed by atoms with Gasteiger partial charge in [-0.15, -0.1) is 0 Å². The van der Waals surface area contributed by atoms with E-state index in [2.05, 4.69) is 4.98 Å². The summed E-state index contributed by atoms with van der Waals surface area (Å²) in [5, 5.41) is -0.288. The Morgan fingerprint density at radius 3 is 2.95 bits per heavy atom. The molecule has 19 heavy (non-hydrogen) atoms. The summed E-state index contributed by atoms with van der Waals surface area (Å²) in [7, 11) is -2.94. The number of rotatable bonds is 3. The van der Waals surface area contributed by atoms with E-state index >= 15 is 0 Å². The monoisotopic (exact) mass is 279 g/mol. The zero-order valence-electron chi connectivity index (χ0n) is 10.6. The molecule has 0 spiro atoms. The first-order chi connectivity index (χ1) is 9.12. The fraction of sp³-hybridized carbons (Fsp3) is 0.462. The number of pyridine rings is 1. The molecule has 1 unspecified atom stereocenters. The van der Waals surface area contributed by atoms with Gasteiger partial charge in [0, 0.05) is 18.7 Å². The quantitative estimate of drug-likeness (QED) is 0.906. The number of hydrogen-bond acceptors (Lipinski definition) is 4. The summed E-state index contributed by atoms with van der Waals surface area (Å²) in [4.78, 5) is 4.38. The van der Waals surface area contributed by atoms with Crippen molar-refractivity contribution in [3.05, 3.63) is 35.9 Å². The van der Waals surface area contributed by atoms with Gasteiger partial charge in [0.2, 0.25) is 0 Å². The van der Waals surface area contributed by atoms with Crippen LogP contribution in [0.15, 0.2) is 24.4 Å². The molecule has 0 bridgehead atoms. The SMILES string of the molecule is NCc1cccc2cnc(CC3CCCS3(=O)=O)n12. The Hall–Kier alpha value is -1.40. The second-order valence-corrected chi connectivity index (χ2v) is 7.39. The highest BCUT2D eigenvalue weighted by molar-refractivity contribution is 7.92. The summed E-state index contributed by atoms with van der Waals surface area (Å²) in [6.45, 7) is 0.415. The van der Waals surface area contributed by atoms with Gasteiger partial charge >= 0.3 is 0 Å². The van der Waals surface area contributed by atoms with Crippen molar-refractivity contribution in [3.8, 4) is 0 Å². The largest absolute Gasteiger partial charge is 0.325 e. The van der Waals surface area contributed by atoms with Crippen molar-refractivity contribution in [2.75, 3.05) is 5.75 Å². The Labute approximate surface area is 112 Å². The molecule has 1 atom stereocenters. The van der Waals surface area contributed by atoms with Crippen molar-refractivity contribution >= 4 is 15.4 Å². The van der Waals surface area contributed by atoms with Crippen LogP contribution in [0.1, 0.15) is 24.4 Å². The summed E-state index contributed by atoms with van der Waals surface area (Å²) in [5.74, 6) is 1.11. The zero-order valence-corrected chi connectivity index (χ0v) is 11.4. The van der Waals surface area contributed by atoms with Crippen LogP contribution >= 0.6 is 0 Å². The third-order valence-electron chi connectivity index (χ3n) is 3.79. The number of hydrogen-bond donors (Lipinski definition) is 1. The minimum Gasteiger partial charge on any atom is -0.325 e. The first kappa shape index (κ1) is 12.6. The standard InChI is InChI=1S/C13H17N3O2S/c14-8-10-3-1-4-11-9-15-13(16(10)11)7-12-5-2-6-19(12,17)18/h1,3-4,9,12H,2,5-8,14H2.